The number of aliphatic carboxylic acids is 2. The zero-order valence-corrected chi connectivity index (χ0v) is 12.2. The summed E-state index contributed by atoms with van der Waals surface area (Å²) in [4.78, 5) is 35.3. The topological polar surface area (TPSA) is 119 Å². The van der Waals surface area contributed by atoms with E-state index in [1.165, 1.54) is 0 Å². The molecule has 1 fully saturated rings. The number of carbonyl (C=O) groups excluding carboxylic acids is 1. The van der Waals surface area contributed by atoms with Gasteiger partial charge in [0.15, 0.2) is 0 Å². The highest BCUT2D eigenvalue weighted by Gasteiger charge is 2.22. The number of hydrogen-bond acceptors (Lipinski definition) is 4. The minimum absolute atomic E-state index is 0.139. The van der Waals surface area contributed by atoms with E-state index in [1.807, 2.05) is 6.92 Å². The van der Waals surface area contributed by atoms with E-state index in [-0.39, 0.29) is 18.9 Å². The fraction of sp³-hybridized carbons (Fsp3) is 0.769. The maximum atomic E-state index is 11.7. The van der Waals surface area contributed by atoms with Crippen LogP contribution in [0, 0.1) is 0 Å². The van der Waals surface area contributed by atoms with Crippen molar-refractivity contribution < 1.29 is 24.6 Å². The molecule has 2 amide bonds. The second kappa shape index (κ2) is 8.46. The Balaban J connectivity index is 2.32. The Morgan fingerprint density at radius 1 is 1.19 bits per heavy atom. The number of carbonyl (C=O) groups is 3. The van der Waals surface area contributed by atoms with E-state index >= 15 is 0 Å². The van der Waals surface area contributed by atoms with Crippen molar-refractivity contribution in [1.29, 1.82) is 0 Å². The van der Waals surface area contributed by atoms with Crippen LogP contribution in [-0.2, 0) is 9.59 Å². The summed E-state index contributed by atoms with van der Waals surface area (Å²) in [6.45, 7) is 4.46. The number of nitrogens with zero attached hydrogens (tertiary/aromatic N) is 1. The lowest BCUT2D eigenvalue weighted by Crippen LogP contribution is -2.49. The van der Waals surface area contributed by atoms with Gasteiger partial charge in [0.2, 0.25) is 0 Å². The first kappa shape index (κ1) is 17.2. The van der Waals surface area contributed by atoms with Crippen molar-refractivity contribution in [2.75, 3.05) is 19.6 Å². The molecule has 2 atom stereocenters. The number of likely N-dealkylation sites (tertiary alicyclic amines) is 1. The SMILES string of the molecule is CC(CNC(=O)NC(CCC(=O)O)C(=O)O)N1CCCC1. The lowest BCUT2D eigenvalue weighted by atomic mass is 10.1. The molecule has 8 heteroatoms. The molecule has 0 aliphatic carbocycles. The summed E-state index contributed by atoms with van der Waals surface area (Å²) in [7, 11) is 0. The molecule has 0 aromatic carbocycles. The van der Waals surface area contributed by atoms with Crippen LogP contribution in [0.1, 0.15) is 32.6 Å². The van der Waals surface area contributed by atoms with Gasteiger partial charge in [-0.3, -0.25) is 9.69 Å². The molecule has 0 aromatic heterocycles. The summed E-state index contributed by atoms with van der Waals surface area (Å²) < 4.78 is 0. The van der Waals surface area contributed by atoms with E-state index < -0.39 is 24.0 Å². The van der Waals surface area contributed by atoms with Crippen LogP contribution in [-0.4, -0.2) is 64.8 Å². The van der Waals surface area contributed by atoms with Crippen LogP contribution in [0.5, 0.6) is 0 Å². The van der Waals surface area contributed by atoms with Crippen LogP contribution in [0.3, 0.4) is 0 Å². The highest BCUT2D eigenvalue weighted by molar-refractivity contribution is 5.83. The zero-order valence-electron chi connectivity index (χ0n) is 12.2. The van der Waals surface area contributed by atoms with E-state index in [2.05, 4.69) is 15.5 Å². The summed E-state index contributed by atoms with van der Waals surface area (Å²) >= 11 is 0. The Kier molecular flexibility index (Phi) is 6.93. The van der Waals surface area contributed by atoms with Gasteiger partial charge >= 0.3 is 18.0 Å². The predicted molar refractivity (Wildman–Crippen MR) is 75.1 cm³/mol. The third-order valence-electron chi connectivity index (χ3n) is 3.57. The third kappa shape index (κ3) is 6.44. The summed E-state index contributed by atoms with van der Waals surface area (Å²) in [5.41, 5.74) is 0. The molecule has 0 spiro atoms. The summed E-state index contributed by atoms with van der Waals surface area (Å²) in [5.74, 6) is -2.33. The first-order valence-electron chi connectivity index (χ1n) is 7.13. The maximum Gasteiger partial charge on any atom is 0.326 e. The molecular weight excluding hydrogens is 278 g/mol. The van der Waals surface area contributed by atoms with Crippen LogP contribution >= 0.6 is 0 Å². The van der Waals surface area contributed by atoms with Crippen molar-refractivity contribution in [3.63, 3.8) is 0 Å². The number of nitrogens with one attached hydrogen (secondary N) is 2. The van der Waals surface area contributed by atoms with Gasteiger partial charge in [0.1, 0.15) is 6.04 Å². The summed E-state index contributed by atoms with van der Waals surface area (Å²) in [5, 5.41) is 22.4. The van der Waals surface area contributed by atoms with Crippen LogP contribution in [0.4, 0.5) is 4.79 Å². The lowest BCUT2D eigenvalue weighted by Gasteiger charge is -2.24. The van der Waals surface area contributed by atoms with Gasteiger partial charge in [-0.1, -0.05) is 0 Å². The van der Waals surface area contributed by atoms with Gasteiger partial charge in [-0.05, 0) is 39.3 Å². The molecule has 21 heavy (non-hydrogen) atoms. The minimum Gasteiger partial charge on any atom is -0.481 e. The van der Waals surface area contributed by atoms with Crippen LogP contribution < -0.4 is 10.6 Å². The van der Waals surface area contributed by atoms with E-state index in [1.54, 1.807) is 0 Å². The molecular formula is C13H23N3O5. The second-order valence-corrected chi connectivity index (χ2v) is 5.27. The van der Waals surface area contributed by atoms with Gasteiger partial charge < -0.3 is 20.8 Å². The Hall–Kier alpha value is -1.83. The molecule has 0 saturated carbocycles. The average Bonchev–Trinajstić information content (AvgIpc) is 2.94. The number of hydrogen-bond donors (Lipinski definition) is 4. The first-order chi connectivity index (χ1) is 9.90. The van der Waals surface area contributed by atoms with Gasteiger partial charge in [0.25, 0.3) is 0 Å². The number of rotatable bonds is 8. The largest absolute Gasteiger partial charge is 0.481 e. The molecule has 120 valence electrons. The number of carboxylic acids is 2. The van der Waals surface area contributed by atoms with Crippen molar-refractivity contribution in [2.45, 2.75) is 44.7 Å². The normalized spacial score (nSPS) is 18.0. The molecule has 1 rings (SSSR count). The van der Waals surface area contributed by atoms with E-state index in [9.17, 15) is 14.4 Å². The van der Waals surface area contributed by atoms with Crippen molar-refractivity contribution >= 4 is 18.0 Å². The molecule has 0 radical (unpaired) electrons. The van der Waals surface area contributed by atoms with Crippen molar-refractivity contribution in [3.05, 3.63) is 0 Å². The third-order valence-corrected chi connectivity index (χ3v) is 3.57. The smallest absolute Gasteiger partial charge is 0.326 e. The number of amides is 2. The zero-order chi connectivity index (χ0) is 15.8. The molecule has 8 nitrogen and oxygen atoms in total. The van der Waals surface area contributed by atoms with Gasteiger partial charge in [0.05, 0.1) is 0 Å². The maximum absolute atomic E-state index is 11.7. The molecule has 4 N–H and O–H groups in total. The van der Waals surface area contributed by atoms with Gasteiger partial charge in [-0.25, -0.2) is 9.59 Å². The van der Waals surface area contributed by atoms with Gasteiger partial charge in [-0.15, -0.1) is 0 Å². The van der Waals surface area contributed by atoms with E-state index in [0.29, 0.717) is 6.54 Å². The summed E-state index contributed by atoms with van der Waals surface area (Å²) in [6, 6.07) is -1.58. The van der Waals surface area contributed by atoms with Crippen molar-refractivity contribution in [1.82, 2.24) is 15.5 Å². The molecule has 0 bridgehead atoms. The van der Waals surface area contributed by atoms with E-state index in [0.717, 1.165) is 25.9 Å². The Morgan fingerprint density at radius 3 is 2.33 bits per heavy atom. The van der Waals surface area contributed by atoms with Crippen molar-refractivity contribution in [2.24, 2.45) is 0 Å². The quantitative estimate of drug-likeness (QED) is 0.504. The predicted octanol–water partition coefficient (Wildman–Crippen LogP) is 0.0879. The second-order valence-electron chi connectivity index (χ2n) is 5.27. The number of carboxylic acid groups (broad SMARTS) is 2. The van der Waals surface area contributed by atoms with Gasteiger partial charge in [0, 0.05) is 19.0 Å². The van der Waals surface area contributed by atoms with Crippen LogP contribution in [0.25, 0.3) is 0 Å². The van der Waals surface area contributed by atoms with Crippen LogP contribution in [0.15, 0.2) is 0 Å². The first-order valence-corrected chi connectivity index (χ1v) is 7.13. The fourth-order valence-electron chi connectivity index (χ4n) is 2.29. The molecule has 1 aliphatic heterocycles. The standard InChI is InChI=1S/C13H23N3O5/c1-9(16-6-2-3-7-16)8-14-13(21)15-10(12(19)20)4-5-11(17)18/h9-10H,2-8H2,1H3,(H,17,18)(H,19,20)(H2,14,15,21). The average molecular weight is 301 g/mol. The highest BCUT2D eigenvalue weighted by atomic mass is 16.4. The Bertz CT molecular complexity index is 382. The molecule has 1 heterocycles. The molecule has 0 aromatic rings. The fourth-order valence-corrected chi connectivity index (χ4v) is 2.29. The van der Waals surface area contributed by atoms with Crippen LogP contribution in [0.2, 0.25) is 0 Å². The molecule has 1 aliphatic rings. The van der Waals surface area contributed by atoms with E-state index in [4.69, 9.17) is 10.2 Å². The monoisotopic (exact) mass is 301 g/mol. The van der Waals surface area contributed by atoms with Crippen molar-refractivity contribution in [3.8, 4) is 0 Å². The van der Waals surface area contributed by atoms with Gasteiger partial charge in [-0.2, -0.15) is 0 Å². The number of urea groups is 1. The molecule has 1 saturated heterocycles. The Labute approximate surface area is 123 Å². The molecule has 2 unspecified atom stereocenters. The Morgan fingerprint density at radius 2 is 1.81 bits per heavy atom. The summed E-state index contributed by atoms with van der Waals surface area (Å²) in [6.07, 6.45) is 1.88. The highest BCUT2D eigenvalue weighted by Crippen LogP contribution is 2.10. The minimum atomic E-state index is -1.24. The lowest BCUT2D eigenvalue weighted by molar-refractivity contribution is -0.140.